The molecule has 2 rings (SSSR count). The summed E-state index contributed by atoms with van der Waals surface area (Å²) in [6.45, 7) is 1.35. The number of ketones is 1. The first-order chi connectivity index (χ1) is 8.08. The molecule has 1 unspecified atom stereocenters. The predicted octanol–water partition coefficient (Wildman–Crippen LogP) is 1.77. The summed E-state index contributed by atoms with van der Waals surface area (Å²) in [5, 5.41) is 3.31. The lowest BCUT2D eigenvalue weighted by atomic mass is 9.92. The fourth-order valence-corrected chi connectivity index (χ4v) is 2.63. The topological polar surface area (TPSA) is 32.3 Å². The summed E-state index contributed by atoms with van der Waals surface area (Å²) in [5.41, 5.74) is 2.40. The summed E-state index contributed by atoms with van der Waals surface area (Å²) in [6.07, 6.45) is 0.987. The van der Waals surface area contributed by atoms with Gasteiger partial charge in [0.15, 0.2) is 5.78 Å². The van der Waals surface area contributed by atoms with E-state index in [2.05, 4.69) is 27.3 Å². The van der Waals surface area contributed by atoms with Gasteiger partial charge in [-0.25, -0.2) is 0 Å². The first-order valence-corrected chi connectivity index (χ1v) is 6.56. The number of carbonyl (C=O) groups is 1. The number of hydrogen-bond donors (Lipinski definition) is 1. The van der Waals surface area contributed by atoms with Crippen LogP contribution in [0.1, 0.15) is 17.2 Å². The first kappa shape index (κ1) is 12.7. The minimum Gasteiger partial charge on any atom is -0.303 e. The van der Waals surface area contributed by atoms with Crippen LogP contribution in [0.3, 0.4) is 0 Å². The molecule has 0 bridgehead atoms. The van der Waals surface area contributed by atoms with Gasteiger partial charge in [-0.1, -0.05) is 22.0 Å². The van der Waals surface area contributed by atoms with E-state index in [1.54, 1.807) is 0 Å². The molecule has 0 spiro atoms. The Morgan fingerprint density at radius 3 is 3.00 bits per heavy atom. The van der Waals surface area contributed by atoms with E-state index in [0.29, 0.717) is 6.54 Å². The molecule has 0 amide bonds. The fraction of sp³-hybridized carbons (Fsp3) is 0.462. The van der Waals surface area contributed by atoms with Crippen LogP contribution in [0.15, 0.2) is 22.7 Å². The van der Waals surface area contributed by atoms with Crippen molar-refractivity contribution in [3.05, 3.63) is 33.8 Å². The summed E-state index contributed by atoms with van der Waals surface area (Å²) < 4.78 is 1.08. The van der Waals surface area contributed by atoms with Gasteiger partial charge in [-0.05, 0) is 43.8 Å². The lowest BCUT2D eigenvalue weighted by Gasteiger charge is -2.27. The van der Waals surface area contributed by atoms with Crippen molar-refractivity contribution in [2.75, 3.05) is 27.2 Å². The number of benzene rings is 1. The van der Waals surface area contributed by atoms with Crippen molar-refractivity contribution in [2.24, 2.45) is 0 Å². The van der Waals surface area contributed by atoms with E-state index in [0.717, 1.165) is 23.0 Å². The molecule has 1 heterocycles. The quantitative estimate of drug-likeness (QED) is 0.923. The predicted molar refractivity (Wildman–Crippen MR) is 72.2 cm³/mol. The van der Waals surface area contributed by atoms with Gasteiger partial charge < -0.3 is 10.2 Å². The second-order valence-electron chi connectivity index (χ2n) is 4.68. The molecule has 0 saturated heterocycles. The summed E-state index contributed by atoms with van der Waals surface area (Å²) in [5.74, 6) is 0.235. The Morgan fingerprint density at radius 2 is 2.29 bits per heavy atom. The number of carbonyl (C=O) groups excluding carboxylic acids is 1. The van der Waals surface area contributed by atoms with Crippen LogP contribution < -0.4 is 5.32 Å². The molecular weight excluding hydrogens is 280 g/mol. The van der Waals surface area contributed by atoms with E-state index in [1.807, 2.05) is 31.1 Å². The Hall–Kier alpha value is -0.710. The number of rotatable bonds is 3. The zero-order valence-corrected chi connectivity index (χ0v) is 11.8. The van der Waals surface area contributed by atoms with E-state index in [1.165, 1.54) is 5.56 Å². The van der Waals surface area contributed by atoms with Crippen LogP contribution in [0.25, 0.3) is 0 Å². The Balaban J connectivity index is 2.25. The number of nitrogens with zero attached hydrogens (tertiary/aromatic N) is 1. The van der Waals surface area contributed by atoms with E-state index >= 15 is 0 Å². The summed E-state index contributed by atoms with van der Waals surface area (Å²) in [7, 11) is 3.84. The summed E-state index contributed by atoms with van der Waals surface area (Å²) >= 11 is 3.47. The van der Waals surface area contributed by atoms with Crippen molar-refractivity contribution in [3.8, 4) is 0 Å². The molecule has 92 valence electrons. The van der Waals surface area contributed by atoms with Crippen LogP contribution in [0, 0.1) is 0 Å². The number of nitrogens with one attached hydrogen (secondary N) is 1. The maximum absolute atomic E-state index is 12.1. The second kappa shape index (κ2) is 5.29. The Kier molecular flexibility index (Phi) is 3.97. The molecule has 1 aromatic rings. The van der Waals surface area contributed by atoms with Gasteiger partial charge >= 0.3 is 0 Å². The lowest BCUT2D eigenvalue weighted by Crippen LogP contribution is -2.39. The Labute approximate surface area is 110 Å². The number of fused-ring (bicyclic) bond motifs is 1. The molecule has 1 atom stereocenters. The summed E-state index contributed by atoms with van der Waals surface area (Å²) in [4.78, 5) is 14.1. The molecule has 0 fully saturated rings. The SMILES string of the molecule is CN(C)CC(=O)C1NCCc2cc(Br)ccc21. The third-order valence-corrected chi connectivity index (χ3v) is 3.45. The average Bonchev–Trinajstić information content (AvgIpc) is 2.26. The van der Waals surface area contributed by atoms with Crippen molar-refractivity contribution in [1.29, 1.82) is 0 Å². The normalized spacial score (nSPS) is 19.2. The lowest BCUT2D eigenvalue weighted by molar-refractivity contribution is -0.121. The van der Waals surface area contributed by atoms with Gasteiger partial charge in [-0.3, -0.25) is 4.79 Å². The molecule has 0 aromatic heterocycles. The Morgan fingerprint density at radius 1 is 1.53 bits per heavy atom. The van der Waals surface area contributed by atoms with Crippen LogP contribution in [-0.4, -0.2) is 37.9 Å². The number of likely N-dealkylation sites (N-methyl/N-ethyl adjacent to an activating group) is 1. The first-order valence-electron chi connectivity index (χ1n) is 5.77. The second-order valence-corrected chi connectivity index (χ2v) is 5.60. The van der Waals surface area contributed by atoms with Crippen molar-refractivity contribution in [2.45, 2.75) is 12.5 Å². The molecule has 1 N–H and O–H groups in total. The highest BCUT2D eigenvalue weighted by molar-refractivity contribution is 9.10. The maximum Gasteiger partial charge on any atom is 0.168 e. The van der Waals surface area contributed by atoms with Crippen LogP contribution in [0.4, 0.5) is 0 Å². The van der Waals surface area contributed by atoms with Gasteiger partial charge in [-0.2, -0.15) is 0 Å². The molecule has 1 aliphatic rings. The van der Waals surface area contributed by atoms with Crippen molar-refractivity contribution >= 4 is 21.7 Å². The van der Waals surface area contributed by atoms with Gasteiger partial charge in [0.05, 0.1) is 12.6 Å². The van der Waals surface area contributed by atoms with Gasteiger partial charge in [0.25, 0.3) is 0 Å². The molecule has 1 aliphatic heterocycles. The van der Waals surface area contributed by atoms with Crippen molar-refractivity contribution in [1.82, 2.24) is 10.2 Å². The molecule has 0 aliphatic carbocycles. The van der Waals surface area contributed by atoms with Crippen LogP contribution in [0.2, 0.25) is 0 Å². The van der Waals surface area contributed by atoms with Crippen LogP contribution in [-0.2, 0) is 11.2 Å². The molecular formula is C13H17BrN2O. The number of halogens is 1. The molecule has 0 radical (unpaired) electrons. The zero-order chi connectivity index (χ0) is 12.4. The Bertz CT molecular complexity index is 431. The minimum absolute atomic E-state index is 0.144. The summed E-state index contributed by atoms with van der Waals surface area (Å²) in [6, 6.07) is 6.02. The van der Waals surface area contributed by atoms with Gasteiger partial charge in [-0.15, -0.1) is 0 Å². The largest absolute Gasteiger partial charge is 0.303 e. The van der Waals surface area contributed by atoms with Crippen molar-refractivity contribution < 1.29 is 4.79 Å². The molecule has 17 heavy (non-hydrogen) atoms. The van der Waals surface area contributed by atoms with Gasteiger partial charge in [0, 0.05) is 11.0 Å². The fourth-order valence-electron chi connectivity index (χ4n) is 2.22. The smallest absolute Gasteiger partial charge is 0.168 e. The highest BCUT2D eigenvalue weighted by atomic mass is 79.9. The van der Waals surface area contributed by atoms with Crippen LogP contribution >= 0.6 is 15.9 Å². The van der Waals surface area contributed by atoms with Gasteiger partial charge in [0.1, 0.15) is 0 Å². The maximum atomic E-state index is 12.1. The molecule has 0 saturated carbocycles. The molecule has 3 nitrogen and oxygen atoms in total. The minimum atomic E-state index is -0.144. The van der Waals surface area contributed by atoms with E-state index in [-0.39, 0.29) is 11.8 Å². The van der Waals surface area contributed by atoms with E-state index in [4.69, 9.17) is 0 Å². The number of hydrogen-bond acceptors (Lipinski definition) is 3. The molecule has 4 heteroatoms. The van der Waals surface area contributed by atoms with E-state index < -0.39 is 0 Å². The standard InChI is InChI=1S/C13H17BrN2O/c1-16(2)8-12(17)13-11-4-3-10(14)7-9(11)5-6-15-13/h3-4,7,13,15H,5-6,8H2,1-2H3. The van der Waals surface area contributed by atoms with Crippen LogP contribution in [0.5, 0.6) is 0 Å². The zero-order valence-electron chi connectivity index (χ0n) is 10.2. The third-order valence-electron chi connectivity index (χ3n) is 2.95. The highest BCUT2D eigenvalue weighted by Gasteiger charge is 2.25. The molecule has 1 aromatic carbocycles. The highest BCUT2D eigenvalue weighted by Crippen LogP contribution is 2.26. The van der Waals surface area contributed by atoms with Crippen molar-refractivity contribution in [3.63, 3.8) is 0 Å². The average molecular weight is 297 g/mol. The van der Waals surface area contributed by atoms with E-state index in [9.17, 15) is 4.79 Å². The van der Waals surface area contributed by atoms with Gasteiger partial charge in [0.2, 0.25) is 0 Å². The third kappa shape index (κ3) is 2.94. The monoisotopic (exact) mass is 296 g/mol. The number of Topliss-reactive ketones (excluding diaryl/α,β-unsaturated/α-hetero) is 1.